The van der Waals surface area contributed by atoms with E-state index in [1.807, 2.05) is 0 Å². The second-order valence-electron chi connectivity index (χ2n) is 4.13. The van der Waals surface area contributed by atoms with Crippen molar-refractivity contribution in [3.63, 3.8) is 0 Å². The monoisotopic (exact) mass is 232 g/mol. The molecule has 3 heteroatoms. The van der Waals surface area contributed by atoms with Crippen molar-refractivity contribution < 1.29 is 14.6 Å². The van der Waals surface area contributed by atoms with E-state index in [1.54, 1.807) is 31.2 Å². The van der Waals surface area contributed by atoms with Crippen LogP contribution >= 0.6 is 0 Å². The van der Waals surface area contributed by atoms with Crippen molar-refractivity contribution in [1.29, 1.82) is 0 Å². The normalized spacial score (nSPS) is 14.3. The maximum atomic E-state index is 13.1. The average molecular weight is 232 g/mol. The number of halogens is 1. The lowest BCUT2D eigenvalue weighted by atomic mass is 9.88. The Morgan fingerprint density at radius 2 is 1.65 bits per heavy atom. The van der Waals surface area contributed by atoms with Crippen LogP contribution in [-0.2, 0) is 5.60 Å². The molecule has 0 fully saturated rings. The van der Waals surface area contributed by atoms with E-state index in [9.17, 15) is 14.6 Å². The first-order chi connectivity index (χ1) is 8.00. The van der Waals surface area contributed by atoms with Crippen LogP contribution in [0.3, 0.4) is 0 Å². The lowest BCUT2D eigenvalue weighted by molar-refractivity contribution is 0.102. The highest BCUT2D eigenvalue weighted by atomic mass is 19.1. The number of benzene rings is 2. The number of phenols is 1. The Morgan fingerprint density at radius 3 is 2.24 bits per heavy atom. The summed E-state index contributed by atoms with van der Waals surface area (Å²) in [4.78, 5) is 0. The second-order valence-corrected chi connectivity index (χ2v) is 4.13. The van der Waals surface area contributed by atoms with Gasteiger partial charge in [-0.3, -0.25) is 0 Å². The maximum Gasteiger partial charge on any atom is 0.123 e. The van der Waals surface area contributed by atoms with Gasteiger partial charge in [0.1, 0.15) is 17.2 Å². The molecule has 2 rings (SSSR count). The van der Waals surface area contributed by atoms with Crippen molar-refractivity contribution in [2.75, 3.05) is 0 Å². The van der Waals surface area contributed by atoms with Crippen molar-refractivity contribution in [3.05, 3.63) is 65.5 Å². The van der Waals surface area contributed by atoms with Gasteiger partial charge < -0.3 is 10.2 Å². The minimum absolute atomic E-state index is 0.129. The lowest BCUT2D eigenvalue weighted by Crippen LogP contribution is -2.22. The molecule has 0 spiro atoms. The zero-order valence-corrected chi connectivity index (χ0v) is 9.39. The van der Waals surface area contributed by atoms with E-state index in [0.29, 0.717) is 11.1 Å². The topological polar surface area (TPSA) is 40.5 Å². The molecular formula is C14H13FO2. The molecule has 2 aromatic carbocycles. The molecule has 0 radical (unpaired) electrons. The summed E-state index contributed by atoms with van der Waals surface area (Å²) in [5.74, 6) is -0.259. The third kappa shape index (κ3) is 2.29. The van der Waals surface area contributed by atoms with Gasteiger partial charge in [-0.2, -0.15) is 0 Å². The molecule has 0 aliphatic heterocycles. The van der Waals surface area contributed by atoms with Crippen molar-refractivity contribution in [2.45, 2.75) is 12.5 Å². The number of hydrogen-bond acceptors (Lipinski definition) is 2. The fourth-order valence-corrected chi connectivity index (χ4v) is 1.74. The second kappa shape index (κ2) is 4.18. The van der Waals surface area contributed by atoms with Crippen LogP contribution in [-0.4, -0.2) is 10.2 Å². The minimum atomic E-state index is -1.28. The summed E-state index contributed by atoms with van der Waals surface area (Å²) in [6, 6.07) is 12.0. The van der Waals surface area contributed by atoms with E-state index in [4.69, 9.17) is 0 Å². The van der Waals surface area contributed by atoms with Gasteiger partial charge in [0, 0.05) is 0 Å². The molecule has 0 amide bonds. The first-order valence-electron chi connectivity index (χ1n) is 5.28. The van der Waals surface area contributed by atoms with Crippen LogP contribution in [0.2, 0.25) is 0 Å². The van der Waals surface area contributed by atoms with Crippen molar-refractivity contribution in [3.8, 4) is 5.75 Å². The number of aromatic hydroxyl groups is 1. The first kappa shape index (κ1) is 11.6. The molecule has 0 aliphatic rings. The zero-order chi connectivity index (χ0) is 12.5. The number of hydrogen-bond donors (Lipinski definition) is 2. The molecule has 2 nitrogen and oxygen atoms in total. The third-order valence-electron chi connectivity index (χ3n) is 2.82. The van der Waals surface area contributed by atoms with Crippen molar-refractivity contribution >= 4 is 0 Å². The molecule has 1 atom stereocenters. The van der Waals surface area contributed by atoms with Gasteiger partial charge in [0.15, 0.2) is 0 Å². The van der Waals surface area contributed by atoms with Gasteiger partial charge in [-0.15, -0.1) is 0 Å². The fraction of sp³-hybridized carbons (Fsp3) is 0.143. The summed E-state index contributed by atoms with van der Waals surface area (Å²) in [5.41, 5.74) is -0.209. The summed E-state index contributed by atoms with van der Waals surface area (Å²) in [6.07, 6.45) is 0. The SMILES string of the molecule is CC(O)(c1ccc(O)cc1)c1cccc(F)c1. The summed E-state index contributed by atoms with van der Waals surface area (Å²) in [5, 5.41) is 19.6. The van der Waals surface area contributed by atoms with Gasteiger partial charge >= 0.3 is 0 Å². The lowest BCUT2D eigenvalue weighted by Gasteiger charge is -2.24. The van der Waals surface area contributed by atoms with Crippen molar-refractivity contribution in [1.82, 2.24) is 0 Å². The van der Waals surface area contributed by atoms with Gasteiger partial charge in [0.2, 0.25) is 0 Å². The molecule has 2 N–H and O–H groups in total. The highest BCUT2D eigenvalue weighted by Crippen LogP contribution is 2.30. The summed E-state index contributed by atoms with van der Waals surface area (Å²) in [7, 11) is 0. The van der Waals surface area contributed by atoms with Crippen LogP contribution in [0.4, 0.5) is 4.39 Å². The molecule has 0 saturated carbocycles. The highest BCUT2D eigenvalue weighted by Gasteiger charge is 2.25. The Bertz CT molecular complexity index is 518. The standard InChI is InChI=1S/C14H13FO2/c1-14(17,10-5-7-13(16)8-6-10)11-3-2-4-12(15)9-11/h2-9,16-17H,1H3. The molecule has 2 aromatic rings. The van der Waals surface area contributed by atoms with Crippen LogP contribution < -0.4 is 0 Å². The molecule has 0 bridgehead atoms. The van der Waals surface area contributed by atoms with Crippen LogP contribution in [0, 0.1) is 5.82 Å². The van der Waals surface area contributed by atoms with Gasteiger partial charge in [0.25, 0.3) is 0 Å². The molecule has 0 aliphatic carbocycles. The van der Waals surface area contributed by atoms with E-state index < -0.39 is 5.60 Å². The summed E-state index contributed by atoms with van der Waals surface area (Å²) in [6.45, 7) is 1.59. The van der Waals surface area contributed by atoms with Gasteiger partial charge in [-0.05, 0) is 42.3 Å². The molecule has 0 aromatic heterocycles. The van der Waals surface area contributed by atoms with E-state index >= 15 is 0 Å². The number of aliphatic hydroxyl groups is 1. The van der Waals surface area contributed by atoms with Gasteiger partial charge in [-0.1, -0.05) is 24.3 Å². The minimum Gasteiger partial charge on any atom is -0.508 e. The van der Waals surface area contributed by atoms with E-state index in [-0.39, 0.29) is 11.6 Å². The first-order valence-corrected chi connectivity index (χ1v) is 5.28. The zero-order valence-electron chi connectivity index (χ0n) is 9.39. The average Bonchev–Trinajstić information content (AvgIpc) is 2.29. The smallest absolute Gasteiger partial charge is 0.123 e. The van der Waals surface area contributed by atoms with Gasteiger partial charge in [0.05, 0.1) is 0 Å². The van der Waals surface area contributed by atoms with Crippen molar-refractivity contribution in [2.24, 2.45) is 0 Å². The quantitative estimate of drug-likeness (QED) is 0.835. The Morgan fingerprint density at radius 1 is 1.00 bits per heavy atom. The summed E-state index contributed by atoms with van der Waals surface area (Å²) < 4.78 is 13.1. The van der Waals surface area contributed by atoms with Gasteiger partial charge in [-0.25, -0.2) is 4.39 Å². The van der Waals surface area contributed by atoms with Crippen LogP contribution in [0.5, 0.6) is 5.75 Å². The molecule has 88 valence electrons. The van der Waals surface area contributed by atoms with E-state index in [2.05, 4.69) is 0 Å². The highest BCUT2D eigenvalue weighted by molar-refractivity contribution is 5.37. The predicted octanol–water partition coefficient (Wildman–Crippen LogP) is 2.79. The van der Waals surface area contributed by atoms with E-state index in [1.165, 1.54) is 24.3 Å². The summed E-state index contributed by atoms with van der Waals surface area (Å²) >= 11 is 0. The molecular weight excluding hydrogens is 219 g/mol. The Kier molecular flexibility index (Phi) is 2.86. The van der Waals surface area contributed by atoms with Crippen LogP contribution in [0.25, 0.3) is 0 Å². The van der Waals surface area contributed by atoms with Crippen LogP contribution in [0.1, 0.15) is 18.1 Å². The number of phenolic OH excluding ortho intramolecular Hbond substituents is 1. The Balaban J connectivity index is 2.45. The van der Waals surface area contributed by atoms with E-state index in [0.717, 1.165) is 0 Å². The molecule has 0 heterocycles. The third-order valence-corrected chi connectivity index (χ3v) is 2.82. The molecule has 1 unspecified atom stereocenters. The fourth-order valence-electron chi connectivity index (χ4n) is 1.74. The molecule has 0 saturated heterocycles. The molecule has 17 heavy (non-hydrogen) atoms. The largest absolute Gasteiger partial charge is 0.508 e. The number of rotatable bonds is 2. The van der Waals surface area contributed by atoms with Crippen LogP contribution in [0.15, 0.2) is 48.5 Å². The Labute approximate surface area is 99.0 Å². The predicted molar refractivity (Wildman–Crippen MR) is 63.2 cm³/mol. The Hall–Kier alpha value is -1.87. The maximum absolute atomic E-state index is 13.1.